The van der Waals surface area contributed by atoms with Crippen molar-refractivity contribution in [1.29, 1.82) is 0 Å². The normalized spacial score (nSPS) is 17.1. The van der Waals surface area contributed by atoms with Gasteiger partial charge in [0.05, 0.1) is 11.8 Å². The molecule has 0 saturated heterocycles. The van der Waals surface area contributed by atoms with E-state index in [9.17, 15) is 14.7 Å². The van der Waals surface area contributed by atoms with E-state index in [4.69, 9.17) is 16.6 Å². The van der Waals surface area contributed by atoms with Gasteiger partial charge in [-0.25, -0.2) is 0 Å². The van der Waals surface area contributed by atoms with E-state index in [1.165, 1.54) is 16.7 Å². The zero-order valence-electron chi connectivity index (χ0n) is 28.3. The van der Waals surface area contributed by atoms with Crippen LogP contribution in [0.2, 0.25) is 0 Å². The molecule has 0 aromatic heterocycles. The number of rotatable bonds is 13. The predicted molar refractivity (Wildman–Crippen MR) is 197 cm³/mol. The summed E-state index contributed by atoms with van der Waals surface area (Å²) < 4.78 is 0. The van der Waals surface area contributed by atoms with Gasteiger partial charge in [-0.1, -0.05) is 116 Å². The lowest BCUT2D eigenvalue weighted by Crippen LogP contribution is -2.45. The second-order valence-corrected chi connectivity index (χ2v) is 12.5. The summed E-state index contributed by atoms with van der Waals surface area (Å²) in [5.41, 5.74) is 16.6. The highest BCUT2D eigenvalue weighted by Crippen LogP contribution is 2.35. The summed E-state index contributed by atoms with van der Waals surface area (Å²) in [6, 6.07) is 29.5. The quantitative estimate of drug-likeness (QED) is 0.0954. The fraction of sp³-hybridized carbons (Fsp3) is 0.317. The number of hydrogen-bond acceptors (Lipinski definition) is 5. The first-order chi connectivity index (χ1) is 22.8. The number of amides is 2. The zero-order valence-corrected chi connectivity index (χ0v) is 28.3. The molecule has 256 valence electrons. The van der Waals surface area contributed by atoms with Crippen molar-refractivity contribution in [3.05, 3.63) is 157 Å². The van der Waals surface area contributed by atoms with E-state index < -0.39 is 23.8 Å². The van der Waals surface area contributed by atoms with Gasteiger partial charge in [0, 0.05) is 24.0 Å². The number of carbonyl (C=O) groups is 2. The maximum Gasteiger partial charge on any atom is 0.223 e. The second-order valence-electron chi connectivity index (χ2n) is 12.5. The van der Waals surface area contributed by atoms with Crippen molar-refractivity contribution < 1.29 is 19.8 Å². The van der Waals surface area contributed by atoms with Crippen LogP contribution in [-0.4, -0.2) is 28.1 Å². The number of carbonyl (C=O) groups excluding carboxylic acids is 2. The highest BCUT2D eigenvalue weighted by molar-refractivity contribution is 5.82. The molecule has 7 nitrogen and oxygen atoms in total. The number of benzene rings is 3. The lowest BCUT2D eigenvalue weighted by molar-refractivity contribution is -0.130. The largest absolute Gasteiger partial charge is 0.513 e. The number of aliphatic hydroxyl groups excluding tert-OH is 2. The first-order valence-electron chi connectivity index (χ1n) is 16.4. The van der Waals surface area contributed by atoms with Crippen molar-refractivity contribution in [2.24, 2.45) is 29.2 Å². The Morgan fingerprint density at radius 1 is 0.708 bits per heavy atom. The fourth-order valence-electron chi connectivity index (χ4n) is 5.40. The van der Waals surface area contributed by atoms with E-state index in [0.717, 1.165) is 24.8 Å². The predicted octanol–water partition coefficient (Wildman–Crippen LogP) is 7.66. The number of allylic oxidation sites excluding steroid dienone is 3. The second kappa shape index (κ2) is 21.0. The lowest BCUT2D eigenvalue weighted by atomic mass is 9.73. The lowest BCUT2D eigenvalue weighted by Gasteiger charge is -2.33. The number of hydrogen-bond donors (Lipinski definition) is 5. The summed E-state index contributed by atoms with van der Waals surface area (Å²) in [5, 5.41) is 21.5. The topological polar surface area (TPSA) is 139 Å². The van der Waals surface area contributed by atoms with E-state index >= 15 is 0 Å². The minimum atomic E-state index is -0.599. The maximum atomic E-state index is 12.8. The molecule has 3 unspecified atom stereocenters. The molecule has 2 amide bonds. The molecule has 1 aliphatic rings. The van der Waals surface area contributed by atoms with Gasteiger partial charge in [0.2, 0.25) is 11.8 Å². The third kappa shape index (κ3) is 15.5. The summed E-state index contributed by atoms with van der Waals surface area (Å²) in [4.78, 5) is 24.4. The third-order valence-corrected chi connectivity index (χ3v) is 8.23. The third-order valence-electron chi connectivity index (χ3n) is 8.23. The molecule has 0 bridgehead atoms. The van der Waals surface area contributed by atoms with Crippen molar-refractivity contribution >= 4 is 11.8 Å². The summed E-state index contributed by atoms with van der Waals surface area (Å²) in [7, 11) is 0. The Bertz CT molecular complexity index is 1400. The van der Waals surface area contributed by atoms with Crippen LogP contribution in [-0.2, 0) is 28.9 Å². The SMILES string of the molecule is C=C(C)CCc1ccccc1.C=C(N)C1CC(C(N)=O)CC(C(=O)N[C@@H](Cc2ccccc2)C(=C)O)C1.C=C(O)CCc1ccccc1. The average Bonchev–Trinajstić information content (AvgIpc) is 3.07. The number of primary amides is 1. The van der Waals surface area contributed by atoms with Crippen LogP contribution in [0.3, 0.4) is 0 Å². The highest BCUT2D eigenvalue weighted by Gasteiger charge is 2.36. The molecule has 0 heterocycles. The van der Waals surface area contributed by atoms with Crippen LogP contribution in [0, 0.1) is 17.8 Å². The minimum Gasteiger partial charge on any atom is -0.513 e. The standard InChI is InChI=1S/C20H27N3O3.C11H14.C10H12O/c1-12(21)15-9-16(19(22)25)11-17(10-15)20(26)23-18(13(2)24)8-14-6-4-3-5-7-14;1-10(2)8-9-11-6-4-3-5-7-11;1-9(11)7-8-10-5-3-2-4-6-10/h3-7,15-18,24H,1-2,8-11,21H2,(H2,22,25)(H,23,26);3-7H,1,8-9H2,2H3;2-6,11H,1,7-8H2/t15?,16?,17?,18-;;/m0../s1. The summed E-state index contributed by atoms with van der Waals surface area (Å²) in [5.74, 6) is -1.46. The van der Waals surface area contributed by atoms with Gasteiger partial charge in [-0.15, -0.1) is 6.58 Å². The van der Waals surface area contributed by atoms with Crippen LogP contribution in [0.25, 0.3) is 0 Å². The molecule has 1 saturated carbocycles. The monoisotopic (exact) mass is 651 g/mol. The number of aryl methyl sites for hydroxylation is 2. The van der Waals surface area contributed by atoms with Crippen molar-refractivity contribution in [1.82, 2.24) is 5.32 Å². The molecule has 4 atom stereocenters. The summed E-state index contributed by atoms with van der Waals surface area (Å²) in [6.45, 7) is 16.7. The molecule has 0 spiro atoms. The van der Waals surface area contributed by atoms with Crippen molar-refractivity contribution in [3.63, 3.8) is 0 Å². The van der Waals surface area contributed by atoms with Gasteiger partial charge in [0.1, 0.15) is 5.76 Å². The van der Waals surface area contributed by atoms with Gasteiger partial charge < -0.3 is 27.0 Å². The number of nitrogens with two attached hydrogens (primary N) is 2. The first-order valence-corrected chi connectivity index (χ1v) is 16.4. The summed E-state index contributed by atoms with van der Waals surface area (Å²) in [6.07, 6.45) is 5.59. The Morgan fingerprint density at radius 3 is 1.56 bits per heavy atom. The van der Waals surface area contributed by atoms with Crippen molar-refractivity contribution in [2.75, 3.05) is 0 Å². The van der Waals surface area contributed by atoms with E-state index in [0.29, 0.717) is 37.8 Å². The smallest absolute Gasteiger partial charge is 0.223 e. The van der Waals surface area contributed by atoms with Crippen LogP contribution in [0.15, 0.2) is 140 Å². The molecule has 7 heteroatoms. The first kappa shape index (κ1) is 39.1. The molecule has 3 aromatic rings. The van der Waals surface area contributed by atoms with Gasteiger partial charge in [-0.2, -0.15) is 0 Å². The molecule has 0 radical (unpaired) electrons. The Hall–Kier alpha value is -5.04. The van der Waals surface area contributed by atoms with Gasteiger partial charge in [0.25, 0.3) is 0 Å². The van der Waals surface area contributed by atoms with Crippen molar-refractivity contribution in [3.8, 4) is 0 Å². The maximum absolute atomic E-state index is 12.8. The summed E-state index contributed by atoms with van der Waals surface area (Å²) >= 11 is 0. The molecular formula is C41H53N3O4. The molecule has 4 rings (SSSR count). The Labute approximate surface area is 286 Å². The molecule has 0 aliphatic heterocycles. The molecular weight excluding hydrogens is 598 g/mol. The average molecular weight is 652 g/mol. The van der Waals surface area contributed by atoms with E-state index in [2.05, 4.69) is 62.8 Å². The van der Waals surface area contributed by atoms with E-state index in [-0.39, 0.29) is 23.3 Å². The molecule has 1 aliphatic carbocycles. The van der Waals surface area contributed by atoms with Crippen LogP contribution in [0.5, 0.6) is 0 Å². The minimum absolute atomic E-state index is 0.107. The molecule has 3 aromatic carbocycles. The van der Waals surface area contributed by atoms with Crippen LogP contribution in [0.1, 0.15) is 55.7 Å². The van der Waals surface area contributed by atoms with Gasteiger partial charge in [-0.3, -0.25) is 9.59 Å². The molecule has 48 heavy (non-hydrogen) atoms. The Balaban J connectivity index is 0.000000298. The van der Waals surface area contributed by atoms with Gasteiger partial charge in [-0.05, 0) is 74.5 Å². The van der Waals surface area contributed by atoms with Crippen LogP contribution >= 0.6 is 0 Å². The van der Waals surface area contributed by atoms with Crippen LogP contribution in [0.4, 0.5) is 0 Å². The molecule has 7 N–H and O–H groups in total. The Morgan fingerprint density at radius 2 is 1.15 bits per heavy atom. The van der Waals surface area contributed by atoms with Gasteiger partial charge in [0.15, 0.2) is 0 Å². The fourth-order valence-corrected chi connectivity index (χ4v) is 5.40. The van der Waals surface area contributed by atoms with Crippen LogP contribution < -0.4 is 16.8 Å². The zero-order chi connectivity index (χ0) is 35.5. The van der Waals surface area contributed by atoms with Crippen molar-refractivity contribution in [2.45, 2.75) is 64.3 Å². The number of nitrogens with one attached hydrogen (secondary N) is 1. The Kier molecular flexibility index (Phi) is 17.1. The molecule has 1 fully saturated rings. The highest BCUT2D eigenvalue weighted by atomic mass is 16.3. The van der Waals surface area contributed by atoms with E-state index in [1.807, 2.05) is 66.7 Å². The van der Waals surface area contributed by atoms with Gasteiger partial charge >= 0.3 is 0 Å². The van der Waals surface area contributed by atoms with E-state index in [1.54, 1.807) is 0 Å². The number of aliphatic hydroxyl groups is 2.